The zero-order chi connectivity index (χ0) is 7.94. The molecule has 1 aliphatic rings. The molecule has 69 valence electrons. The number of halogens is 1. The maximum Gasteiger partial charge on any atom is 0 e. The molecule has 0 nitrogen and oxygen atoms in total. The van der Waals surface area contributed by atoms with Gasteiger partial charge in [-0.15, -0.1) is 19.3 Å². The first-order valence-electron chi connectivity index (χ1n) is 3.75. The second-order valence-electron chi connectivity index (χ2n) is 3.62. The van der Waals surface area contributed by atoms with Crippen LogP contribution in [0, 0.1) is 11.5 Å². The van der Waals surface area contributed by atoms with Crippen LogP contribution in [0.5, 0.6) is 0 Å². The molecule has 0 aromatic heterocycles. The van der Waals surface area contributed by atoms with E-state index in [1.807, 2.05) is 0 Å². The van der Waals surface area contributed by atoms with Crippen LogP contribution in [0.4, 0.5) is 0 Å². The van der Waals surface area contributed by atoms with Gasteiger partial charge in [0.15, 0.2) is 0 Å². The Bertz CT molecular complexity index is 224. The van der Waals surface area contributed by atoms with Crippen LogP contribution in [0.1, 0.15) is 34.6 Å². The van der Waals surface area contributed by atoms with E-state index in [9.17, 15) is 0 Å². The van der Waals surface area contributed by atoms with Gasteiger partial charge in [-0.3, -0.25) is 6.08 Å². The van der Waals surface area contributed by atoms with Gasteiger partial charge in [-0.1, -0.05) is 33.1 Å². The Hall–Kier alpha value is 0.354. The minimum absolute atomic E-state index is 0. The topological polar surface area (TPSA) is 0 Å². The standard InChI is InChI=1S/C10H15.ClH.V/c1-7-6-10(4,5)9(3)8(7)2;;/h1-5H3;1H;/q-1;;. The van der Waals surface area contributed by atoms with Crippen molar-refractivity contribution in [1.29, 1.82) is 0 Å². The average Bonchev–Trinajstić information content (AvgIpc) is 1.95. The van der Waals surface area contributed by atoms with Gasteiger partial charge in [0.1, 0.15) is 0 Å². The smallest absolute Gasteiger partial charge is 0 e. The third-order valence-electron chi connectivity index (χ3n) is 2.56. The van der Waals surface area contributed by atoms with E-state index in [1.165, 1.54) is 16.7 Å². The maximum absolute atomic E-state index is 3.44. The molecule has 0 aromatic carbocycles. The van der Waals surface area contributed by atoms with E-state index in [0.29, 0.717) is 0 Å². The Kier molecular flexibility index (Phi) is 5.63. The second-order valence-corrected chi connectivity index (χ2v) is 3.62. The number of hydrogen-bond acceptors (Lipinski definition) is 0. The van der Waals surface area contributed by atoms with Crippen molar-refractivity contribution in [3.8, 4) is 0 Å². The average molecular weight is 223 g/mol. The van der Waals surface area contributed by atoms with Crippen molar-refractivity contribution in [3.63, 3.8) is 0 Å². The molecule has 0 spiro atoms. The molecular weight excluding hydrogens is 207 g/mol. The minimum atomic E-state index is 0. The van der Waals surface area contributed by atoms with Crippen LogP contribution >= 0.6 is 12.4 Å². The predicted molar refractivity (Wildman–Crippen MR) is 51.8 cm³/mol. The monoisotopic (exact) mass is 222 g/mol. The molecule has 0 fully saturated rings. The number of allylic oxidation sites excluding steroid dienone is 4. The summed E-state index contributed by atoms with van der Waals surface area (Å²) in [6.45, 7) is 10.9. The van der Waals surface area contributed by atoms with Crippen molar-refractivity contribution in [2.75, 3.05) is 0 Å². The van der Waals surface area contributed by atoms with Gasteiger partial charge in [-0.25, -0.2) is 5.57 Å². The van der Waals surface area contributed by atoms with Crippen LogP contribution in [-0.2, 0) is 18.6 Å². The minimum Gasteiger partial charge on any atom is -0.263 e. The van der Waals surface area contributed by atoms with Gasteiger partial charge in [0.2, 0.25) is 0 Å². The molecule has 0 amide bonds. The van der Waals surface area contributed by atoms with Crippen LogP contribution in [0.15, 0.2) is 16.7 Å². The van der Waals surface area contributed by atoms with Crippen molar-refractivity contribution in [3.05, 3.63) is 22.8 Å². The quantitative estimate of drug-likeness (QED) is 0.550. The van der Waals surface area contributed by atoms with Crippen LogP contribution in [0.2, 0.25) is 0 Å². The summed E-state index contributed by atoms with van der Waals surface area (Å²) < 4.78 is 0. The van der Waals surface area contributed by atoms with Crippen LogP contribution in [-0.4, -0.2) is 0 Å². The number of rotatable bonds is 0. The SMILES string of the molecule is CC1=[C-]C(C)(C)C(C)=C1C.Cl.[V]. The first-order valence-corrected chi connectivity index (χ1v) is 3.75. The van der Waals surface area contributed by atoms with Crippen LogP contribution in [0.25, 0.3) is 0 Å². The summed E-state index contributed by atoms with van der Waals surface area (Å²) in [5, 5.41) is 0. The van der Waals surface area contributed by atoms with Gasteiger partial charge in [-0.05, 0) is 0 Å². The zero-order valence-corrected chi connectivity index (χ0v) is 10.6. The van der Waals surface area contributed by atoms with Gasteiger partial charge in [-0.2, -0.15) is 11.1 Å². The summed E-state index contributed by atoms with van der Waals surface area (Å²) in [7, 11) is 0. The Labute approximate surface area is 93.8 Å². The van der Waals surface area contributed by atoms with Gasteiger partial charge in [0.05, 0.1) is 0 Å². The zero-order valence-electron chi connectivity index (χ0n) is 8.36. The van der Waals surface area contributed by atoms with E-state index in [2.05, 4.69) is 40.7 Å². The molecule has 0 aromatic rings. The van der Waals surface area contributed by atoms with Crippen molar-refractivity contribution < 1.29 is 18.6 Å². The van der Waals surface area contributed by atoms with E-state index in [0.717, 1.165) is 0 Å². The molecule has 0 bridgehead atoms. The molecule has 12 heavy (non-hydrogen) atoms. The van der Waals surface area contributed by atoms with Gasteiger partial charge >= 0.3 is 0 Å². The molecular formula is C10H16ClV-. The van der Waals surface area contributed by atoms with Crippen molar-refractivity contribution >= 4 is 12.4 Å². The fraction of sp³-hybridized carbons (Fsp3) is 0.600. The van der Waals surface area contributed by atoms with Crippen molar-refractivity contribution in [2.45, 2.75) is 34.6 Å². The largest absolute Gasteiger partial charge is 0.263 e. The molecule has 0 atom stereocenters. The van der Waals surface area contributed by atoms with E-state index < -0.39 is 0 Å². The third kappa shape index (κ3) is 2.42. The Balaban J connectivity index is 0. The Morgan fingerprint density at radius 2 is 1.50 bits per heavy atom. The van der Waals surface area contributed by atoms with E-state index >= 15 is 0 Å². The number of hydrogen-bond donors (Lipinski definition) is 0. The summed E-state index contributed by atoms with van der Waals surface area (Å²) in [4.78, 5) is 0. The first-order chi connectivity index (χ1) is 4.45. The summed E-state index contributed by atoms with van der Waals surface area (Å²) in [5.74, 6) is 0. The molecule has 0 heterocycles. The fourth-order valence-electron chi connectivity index (χ4n) is 1.41. The van der Waals surface area contributed by atoms with E-state index in [4.69, 9.17) is 0 Å². The summed E-state index contributed by atoms with van der Waals surface area (Å²) >= 11 is 0. The van der Waals surface area contributed by atoms with Crippen LogP contribution < -0.4 is 0 Å². The van der Waals surface area contributed by atoms with E-state index in [1.54, 1.807) is 0 Å². The summed E-state index contributed by atoms with van der Waals surface area (Å²) in [6, 6.07) is 0. The molecule has 1 rings (SSSR count). The maximum atomic E-state index is 3.44. The first kappa shape index (κ1) is 14.9. The Morgan fingerprint density at radius 3 is 1.58 bits per heavy atom. The molecule has 1 radical (unpaired) electrons. The molecule has 0 N–H and O–H groups in total. The normalized spacial score (nSPS) is 19.6. The van der Waals surface area contributed by atoms with E-state index in [-0.39, 0.29) is 36.4 Å². The Morgan fingerprint density at radius 1 is 1.08 bits per heavy atom. The predicted octanol–water partition coefficient (Wildman–Crippen LogP) is 3.53. The third-order valence-corrected chi connectivity index (χ3v) is 2.56. The van der Waals surface area contributed by atoms with Gasteiger partial charge < -0.3 is 0 Å². The molecule has 0 unspecified atom stereocenters. The summed E-state index contributed by atoms with van der Waals surface area (Å²) in [6.07, 6.45) is 3.44. The second kappa shape index (κ2) is 4.55. The van der Waals surface area contributed by atoms with Gasteiger partial charge in [0.25, 0.3) is 0 Å². The van der Waals surface area contributed by atoms with Gasteiger partial charge in [0, 0.05) is 18.6 Å². The van der Waals surface area contributed by atoms with Crippen molar-refractivity contribution in [1.82, 2.24) is 0 Å². The van der Waals surface area contributed by atoms with Crippen LogP contribution in [0.3, 0.4) is 0 Å². The van der Waals surface area contributed by atoms with Crippen molar-refractivity contribution in [2.24, 2.45) is 5.41 Å². The molecule has 1 aliphatic carbocycles. The fourth-order valence-corrected chi connectivity index (χ4v) is 1.41. The molecule has 0 aliphatic heterocycles. The molecule has 2 heteroatoms. The molecule has 0 saturated heterocycles. The summed E-state index contributed by atoms with van der Waals surface area (Å²) in [5.41, 5.74) is 4.39. The molecule has 0 saturated carbocycles.